The van der Waals surface area contributed by atoms with Gasteiger partial charge in [0.15, 0.2) is 46.0 Å². The molecule has 4 aromatic rings. The Hall–Kier alpha value is -5.68. The van der Waals surface area contributed by atoms with Crippen LogP contribution in [-0.4, -0.2) is 145 Å². The molecule has 2 aliphatic heterocycles. The number of hydrogen-bond acceptors (Lipinski definition) is 14. The molecule has 422 valence electrons. The lowest BCUT2D eigenvalue weighted by atomic mass is 9.86. The molecule has 4 aromatic carbocycles. The van der Waals surface area contributed by atoms with Gasteiger partial charge in [-0.25, -0.2) is 0 Å². The number of esters is 2. The number of halogens is 2. The second-order valence-corrected chi connectivity index (χ2v) is 19.7. The maximum Gasteiger partial charge on any atom is 0.305 e. The number of likely N-dealkylation sites (N-methyl/N-ethyl adjacent to an activating group) is 2. The summed E-state index contributed by atoms with van der Waals surface area (Å²) >= 11 is 0. The van der Waals surface area contributed by atoms with Crippen molar-refractivity contribution in [2.75, 3.05) is 125 Å². The summed E-state index contributed by atoms with van der Waals surface area (Å²) in [7, 11) is 20.9. The summed E-state index contributed by atoms with van der Waals surface area (Å²) < 4.78 is 70.0. The lowest BCUT2D eigenvalue weighted by Gasteiger charge is -2.46. The topological polar surface area (TPSA) is 145 Å². The van der Waals surface area contributed by atoms with Crippen molar-refractivity contribution in [2.45, 2.75) is 89.1 Å². The van der Waals surface area contributed by atoms with E-state index in [1.54, 1.807) is 71.1 Å². The summed E-state index contributed by atoms with van der Waals surface area (Å²) in [6.07, 6.45) is 8.34. The van der Waals surface area contributed by atoms with E-state index in [1.165, 1.54) is 22.3 Å². The van der Waals surface area contributed by atoms with Gasteiger partial charge in [-0.05, 0) is 83.6 Å². The van der Waals surface area contributed by atoms with Crippen molar-refractivity contribution in [2.24, 2.45) is 0 Å². The maximum atomic E-state index is 12.9. The Morgan fingerprint density at radius 2 is 0.737 bits per heavy atom. The van der Waals surface area contributed by atoms with Gasteiger partial charge >= 0.3 is 11.9 Å². The van der Waals surface area contributed by atoms with Crippen LogP contribution in [0.2, 0.25) is 0 Å². The molecular formula is C58H82Cl2N2O14. The Labute approximate surface area is 463 Å². The predicted molar refractivity (Wildman–Crippen MR) is 282 cm³/mol. The van der Waals surface area contributed by atoms with Crippen LogP contribution in [0.4, 0.5) is 0 Å². The molecule has 0 saturated heterocycles. The lowest BCUT2D eigenvalue weighted by molar-refractivity contribution is -0.941. The third kappa shape index (κ3) is 15.1. The number of nitrogens with zero attached hydrogens (tertiary/aromatic N) is 2. The smallest absolute Gasteiger partial charge is 0.305 e. The molecule has 0 aliphatic carbocycles. The number of carbonyl (C=O) groups excluding carboxylic acids is 2. The molecule has 2 aliphatic rings. The molecule has 18 heteroatoms. The Kier molecular flexibility index (Phi) is 24.6. The number of hydrogen-bond donors (Lipinski definition) is 0. The molecule has 0 spiro atoms. The fraction of sp³-hybridized carbons (Fsp3) is 0.552. The zero-order valence-electron chi connectivity index (χ0n) is 46.9. The van der Waals surface area contributed by atoms with Crippen molar-refractivity contribution >= 4 is 11.9 Å². The first-order valence-corrected chi connectivity index (χ1v) is 25.8. The molecule has 0 bridgehead atoms. The number of carbonyl (C=O) groups is 2. The molecule has 0 saturated carbocycles. The van der Waals surface area contributed by atoms with Crippen molar-refractivity contribution < 1.29 is 100 Å². The number of methoxy groups -OCH3 is 10. The first-order valence-electron chi connectivity index (χ1n) is 25.8. The van der Waals surface area contributed by atoms with Crippen molar-refractivity contribution in [1.82, 2.24) is 0 Å². The second-order valence-electron chi connectivity index (χ2n) is 19.7. The molecule has 0 fully saturated rings. The minimum Gasteiger partial charge on any atom is -1.00 e. The first-order chi connectivity index (χ1) is 35.7. The number of quaternary nitrogens is 2. The van der Waals surface area contributed by atoms with Gasteiger partial charge in [0.25, 0.3) is 0 Å². The highest BCUT2D eigenvalue weighted by molar-refractivity contribution is 5.69. The third-order valence-corrected chi connectivity index (χ3v) is 15.3. The first kappa shape index (κ1) is 62.9. The quantitative estimate of drug-likeness (QED) is 0.0446. The zero-order valence-corrected chi connectivity index (χ0v) is 48.4. The standard InChI is InChI=1S/C58H82N2O14.2ClH/c1-59(25-21-41-35-47(63-3)49(65-5)37-43(41)45(59)29-39-31-51(67-7)57(71-11)52(32-39)68-8)23-17-27-73-55(61)19-15-13-14-16-20-56(62)74-28-18-24-60(2)26-22-42-36-48(64-4)50(66-6)38-44(42)46(60)30-40-33-53(69-9)58(72-12)54(34-40)70-10;;/h31-38,45-46H,13-30H2,1-12H3;2*1H/q+2;;/p-2/t45-,46+,59-,60+;;. The van der Waals surface area contributed by atoms with Crippen LogP contribution in [-0.2, 0) is 44.7 Å². The highest BCUT2D eigenvalue weighted by Gasteiger charge is 2.42. The van der Waals surface area contributed by atoms with Gasteiger partial charge in [0.05, 0.1) is 125 Å². The highest BCUT2D eigenvalue weighted by atomic mass is 35.5. The Balaban J connectivity index is 0.00000624. The van der Waals surface area contributed by atoms with E-state index in [9.17, 15) is 9.59 Å². The van der Waals surface area contributed by atoms with Gasteiger partial charge < -0.3 is 90.6 Å². The van der Waals surface area contributed by atoms with Crippen LogP contribution in [0.1, 0.15) is 96.8 Å². The lowest BCUT2D eigenvalue weighted by Crippen LogP contribution is -3.00. The number of benzene rings is 4. The summed E-state index contributed by atoms with van der Waals surface area (Å²) in [5.41, 5.74) is 6.97. The van der Waals surface area contributed by atoms with Crippen molar-refractivity contribution in [3.8, 4) is 57.5 Å². The van der Waals surface area contributed by atoms with E-state index in [2.05, 4.69) is 38.4 Å². The minimum atomic E-state index is -0.194. The fourth-order valence-electron chi connectivity index (χ4n) is 11.1. The Morgan fingerprint density at radius 3 is 1.04 bits per heavy atom. The predicted octanol–water partition coefficient (Wildman–Crippen LogP) is 3.26. The molecule has 2 heterocycles. The summed E-state index contributed by atoms with van der Waals surface area (Å²) in [6, 6.07) is 16.6. The number of rotatable bonds is 29. The van der Waals surface area contributed by atoms with E-state index in [4.69, 9.17) is 56.8 Å². The average molecular weight is 1100 g/mol. The van der Waals surface area contributed by atoms with Gasteiger partial charge in [0, 0.05) is 62.5 Å². The molecule has 0 unspecified atom stereocenters. The van der Waals surface area contributed by atoms with Gasteiger partial charge in [-0.1, -0.05) is 12.8 Å². The van der Waals surface area contributed by atoms with Gasteiger partial charge in [-0.15, -0.1) is 0 Å². The van der Waals surface area contributed by atoms with E-state index < -0.39 is 0 Å². The SMILES string of the molecule is COc1cc2c(cc1OC)[C@@H](Cc1cc(OC)c(OC)c(OC)c1)[N@+](C)(CCCOC(=O)CCCCCCC(=O)OCCC[N@@+]1(C)CCc3cc(OC)c(OC)cc3[C@@H]1Cc1cc(OC)c(OC)c(OC)c1)CC2.[Cl-].[Cl-]. The van der Waals surface area contributed by atoms with Gasteiger partial charge in [0.2, 0.25) is 11.5 Å². The normalized spacial score (nSPS) is 18.3. The molecule has 4 atom stereocenters. The molecular weight excluding hydrogens is 1020 g/mol. The second kappa shape index (κ2) is 29.7. The van der Waals surface area contributed by atoms with Gasteiger partial charge in [0.1, 0.15) is 12.1 Å². The molecule has 16 nitrogen and oxygen atoms in total. The summed E-state index contributed by atoms with van der Waals surface area (Å²) in [5.74, 6) is 5.96. The third-order valence-electron chi connectivity index (χ3n) is 15.3. The van der Waals surface area contributed by atoms with E-state index in [0.717, 1.165) is 72.0 Å². The molecule has 76 heavy (non-hydrogen) atoms. The van der Waals surface area contributed by atoms with Crippen molar-refractivity contribution in [1.29, 1.82) is 0 Å². The van der Waals surface area contributed by atoms with Crippen LogP contribution in [0.15, 0.2) is 48.5 Å². The van der Waals surface area contributed by atoms with Crippen LogP contribution in [0.3, 0.4) is 0 Å². The van der Waals surface area contributed by atoms with E-state index in [1.807, 2.05) is 24.3 Å². The summed E-state index contributed by atoms with van der Waals surface area (Å²) in [6.45, 7) is 4.11. The zero-order chi connectivity index (χ0) is 53.4. The summed E-state index contributed by atoms with van der Waals surface area (Å²) in [4.78, 5) is 25.8. The van der Waals surface area contributed by atoms with Gasteiger partial charge in [-0.2, -0.15) is 0 Å². The minimum absolute atomic E-state index is 0. The van der Waals surface area contributed by atoms with E-state index in [0.29, 0.717) is 122 Å². The molecule has 0 aromatic heterocycles. The van der Waals surface area contributed by atoms with Crippen LogP contribution in [0.5, 0.6) is 57.5 Å². The van der Waals surface area contributed by atoms with Crippen LogP contribution in [0, 0.1) is 0 Å². The van der Waals surface area contributed by atoms with Crippen LogP contribution >= 0.6 is 0 Å². The van der Waals surface area contributed by atoms with Crippen molar-refractivity contribution in [3.63, 3.8) is 0 Å². The molecule has 0 radical (unpaired) electrons. The molecule has 6 rings (SSSR count). The number of unbranched alkanes of at least 4 members (excludes halogenated alkanes) is 3. The molecule has 0 N–H and O–H groups in total. The monoisotopic (exact) mass is 1100 g/mol. The Morgan fingerprint density at radius 1 is 0.421 bits per heavy atom. The average Bonchev–Trinajstić information content (AvgIpc) is 3.42. The number of ether oxygens (including phenoxy) is 12. The maximum absolute atomic E-state index is 12.9. The fourth-order valence-corrected chi connectivity index (χ4v) is 11.1. The van der Waals surface area contributed by atoms with E-state index in [-0.39, 0.29) is 48.8 Å². The van der Waals surface area contributed by atoms with Gasteiger partial charge in [-0.3, -0.25) is 9.59 Å². The summed E-state index contributed by atoms with van der Waals surface area (Å²) in [5, 5.41) is 0. The highest BCUT2D eigenvalue weighted by Crippen LogP contribution is 2.47. The van der Waals surface area contributed by atoms with Crippen molar-refractivity contribution in [3.05, 3.63) is 81.9 Å². The van der Waals surface area contributed by atoms with E-state index >= 15 is 0 Å². The Bertz CT molecular complexity index is 2310. The van der Waals surface area contributed by atoms with Crippen LogP contribution in [0.25, 0.3) is 0 Å². The molecule has 0 amide bonds. The largest absolute Gasteiger partial charge is 1.00 e. The van der Waals surface area contributed by atoms with Crippen LogP contribution < -0.4 is 72.2 Å². The number of fused-ring (bicyclic) bond motifs is 2.